The van der Waals surface area contributed by atoms with Crippen LogP contribution in [0.3, 0.4) is 0 Å². The summed E-state index contributed by atoms with van der Waals surface area (Å²) in [5.74, 6) is 0. The minimum absolute atomic E-state index is 0.711. The SMILES string of the molecule is CN(I)C1Cc2ccccc2C1. The number of halogens is 1. The van der Waals surface area contributed by atoms with Crippen LogP contribution < -0.4 is 0 Å². The number of hydrogen-bond acceptors (Lipinski definition) is 1. The van der Waals surface area contributed by atoms with Crippen LogP contribution in [0.25, 0.3) is 0 Å². The zero-order valence-corrected chi connectivity index (χ0v) is 9.28. The summed E-state index contributed by atoms with van der Waals surface area (Å²) in [4.78, 5) is 0. The molecule has 0 amide bonds. The summed E-state index contributed by atoms with van der Waals surface area (Å²) in [6.45, 7) is 0. The van der Waals surface area contributed by atoms with Crippen molar-refractivity contribution in [1.29, 1.82) is 0 Å². The molecule has 2 rings (SSSR count). The molecule has 0 saturated carbocycles. The largest absolute Gasteiger partial charge is 0.247 e. The Balaban J connectivity index is 2.22. The molecule has 2 heteroatoms. The van der Waals surface area contributed by atoms with Gasteiger partial charge in [-0.25, -0.2) is 3.11 Å². The molecule has 0 bridgehead atoms. The maximum absolute atomic E-state index is 2.38. The highest BCUT2D eigenvalue weighted by atomic mass is 127. The van der Waals surface area contributed by atoms with Gasteiger partial charge in [0.05, 0.1) is 0 Å². The van der Waals surface area contributed by atoms with Gasteiger partial charge in [0.25, 0.3) is 0 Å². The van der Waals surface area contributed by atoms with Gasteiger partial charge in [-0.3, -0.25) is 0 Å². The fourth-order valence-corrected chi connectivity index (χ4v) is 2.18. The highest BCUT2D eigenvalue weighted by Crippen LogP contribution is 2.25. The monoisotopic (exact) mass is 273 g/mol. The topological polar surface area (TPSA) is 3.24 Å². The van der Waals surface area contributed by atoms with Crippen LogP contribution in [-0.2, 0) is 12.8 Å². The number of rotatable bonds is 1. The average Bonchev–Trinajstić information content (AvgIpc) is 2.46. The van der Waals surface area contributed by atoms with Gasteiger partial charge in [-0.05, 0) is 31.0 Å². The van der Waals surface area contributed by atoms with Gasteiger partial charge in [0.15, 0.2) is 0 Å². The molecular formula is C10H12IN. The average molecular weight is 273 g/mol. The second kappa shape index (κ2) is 3.34. The molecule has 1 nitrogen and oxygen atoms in total. The first-order valence-corrected chi connectivity index (χ1v) is 5.19. The van der Waals surface area contributed by atoms with Gasteiger partial charge in [0.1, 0.15) is 0 Å². The van der Waals surface area contributed by atoms with E-state index < -0.39 is 0 Å². The Bertz CT molecular complexity index is 258. The van der Waals surface area contributed by atoms with Gasteiger partial charge in [0, 0.05) is 28.9 Å². The van der Waals surface area contributed by atoms with Crippen molar-refractivity contribution in [1.82, 2.24) is 3.11 Å². The van der Waals surface area contributed by atoms with Crippen LogP contribution >= 0.6 is 22.9 Å². The normalized spacial score (nSPS) is 16.9. The minimum Gasteiger partial charge on any atom is -0.247 e. The van der Waals surface area contributed by atoms with Crippen LogP contribution in [0.15, 0.2) is 24.3 Å². The molecule has 0 aliphatic heterocycles. The van der Waals surface area contributed by atoms with Crippen LogP contribution in [0.1, 0.15) is 11.1 Å². The van der Waals surface area contributed by atoms with E-state index >= 15 is 0 Å². The van der Waals surface area contributed by atoms with E-state index in [-0.39, 0.29) is 0 Å². The Hall–Kier alpha value is -0.0900. The third-order valence-electron chi connectivity index (χ3n) is 2.53. The fourth-order valence-electron chi connectivity index (χ4n) is 1.79. The van der Waals surface area contributed by atoms with Crippen molar-refractivity contribution in [2.24, 2.45) is 0 Å². The fraction of sp³-hybridized carbons (Fsp3) is 0.400. The molecule has 1 aliphatic rings. The predicted molar refractivity (Wildman–Crippen MR) is 59.4 cm³/mol. The van der Waals surface area contributed by atoms with E-state index in [0.717, 1.165) is 0 Å². The van der Waals surface area contributed by atoms with Crippen molar-refractivity contribution < 1.29 is 0 Å². The lowest BCUT2D eigenvalue weighted by Crippen LogP contribution is -2.22. The third kappa shape index (κ3) is 1.50. The van der Waals surface area contributed by atoms with E-state index in [1.807, 2.05) is 0 Å². The molecular weight excluding hydrogens is 261 g/mol. The molecule has 1 aromatic carbocycles. The van der Waals surface area contributed by atoms with Gasteiger partial charge in [-0.1, -0.05) is 24.3 Å². The maximum Gasteiger partial charge on any atom is 0.0271 e. The lowest BCUT2D eigenvalue weighted by Gasteiger charge is -2.15. The molecule has 0 atom stereocenters. The van der Waals surface area contributed by atoms with Crippen LogP contribution in [0.2, 0.25) is 0 Å². The van der Waals surface area contributed by atoms with Gasteiger partial charge < -0.3 is 0 Å². The first-order chi connectivity index (χ1) is 5.77. The lowest BCUT2D eigenvalue weighted by molar-refractivity contribution is 0.454. The summed E-state index contributed by atoms with van der Waals surface area (Å²) in [5, 5.41) is 0. The summed E-state index contributed by atoms with van der Waals surface area (Å²) >= 11 is 2.38. The molecule has 0 fully saturated rings. The Kier molecular flexibility index (Phi) is 2.37. The molecule has 1 aliphatic carbocycles. The summed E-state index contributed by atoms with van der Waals surface area (Å²) in [7, 11) is 2.15. The smallest absolute Gasteiger partial charge is 0.0271 e. The number of benzene rings is 1. The van der Waals surface area contributed by atoms with Gasteiger partial charge in [-0.2, -0.15) is 0 Å². The highest BCUT2D eigenvalue weighted by Gasteiger charge is 2.22. The Morgan fingerprint density at radius 3 is 2.17 bits per heavy atom. The molecule has 0 spiro atoms. The van der Waals surface area contributed by atoms with E-state index in [2.05, 4.69) is 57.3 Å². The van der Waals surface area contributed by atoms with E-state index in [4.69, 9.17) is 0 Å². The first-order valence-electron chi connectivity index (χ1n) is 4.23. The van der Waals surface area contributed by atoms with Gasteiger partial charge in [-0.15, -0.1) is 0 Å². The third-order valence-corrected chi connectivity index (χ3v) is 3.32. The molecule has 12 heavy (non-hydrogen) atoms. The second-order valence-corrected chi connectivity index (χ2v) is 4.88. The highest BCUT2D eigenvalue weighted by molar-refractivity contribution is 14.1. The zero-order chi connectivity index (χ0) is 8.55. The second-order valence-electron chi connectivity index (χ2n) is 3.36. The lowest BCUT2D eigenvalue weighted by atomic mass is 10.1. The van der Waals surface area contributed by atoms with Gasteiger partial charge in [0.2, 0.25) is 0 Å². The minimum atomic E-state index is 0.711. The van der Waals surface area contributed by atoms with E-state index in [9.17, 15) is 0 Å². The Morgan fingerprint density at radius 1 is 1.25 bits per heavy atom. The molecule has 0 radical (unpaired) electrons. The van der Waals surface area contributed by atoms with Crippen molar-refractivity contribution in [3.63, 3.8) is 0 Å². The Morgan fingerprint density at radius 2 is 1.75 bits per heavy atom. The van der Waals surface area contributed by atoms with Crippen molar-refractivity contribution in [3.8, 4) is 0 Å². The van der Waals surface area contributed by atoms with Gasteiger partial charge >= 0.3 is 0 Å². The van der Waals surface area contributed by atoms with Crippen LogP contribution in [-0.4, -0.2) is 16.2 Å². The molecule has 0 unspecified atom stereocenters. The molecule has 0 N–H and O–H groups in total. The molecule has 64 valence electrons. The number of likely N-dealkylation sites (N-methyl/N-ethyl adjacent to an activating group) is 1. The van der Waals surface area contributed by atoms with Crippen molar-refractivity contribution in [3.05, 3.63) is 35.4 Å². The molecule has 0 aromatic heterocycles. The first kappa shape index (κ1) is 8.51. The van der Waals surface area contributed by atoms with Crippen molar-refractivity contribution in [2.45, 2.75) is 18.9 Å². The summed E-state index contributed by atoms with van der Waals surface area (Å²) in [5.41, 5.74) is 3.07. The number of fused-ring (bicyclic) bond motifs is 1. The van der Waals surface area contributed by atoms with Crippen LogP contribution in [0.5, 0.6) is 0 Å². The zero-order valence-electron chi connectivity index (χ0n) is 7.13. The van der Waals surface area contributed by atoms with Crippen molar-refractivity contribution in [2.75, 3.05) is 7.05 Å². The molecule has 0 saturated heterocycles. The maximum atomic E-state index is 2.38. The number of nitrogens with zero attached hydrogens (tertiary/aromatic N) is 1. The quantitative estimate of drug-likeness (QED) is 0.561. The molecule has 1 aromatic rings. The molecule has 0 heterocycles. The summed E-state index contributed by atoms with van der Waals surface area (Å²) in [6, 6.07) is 9.47. The standard InChI is InChI=1S/C10H12IN/c1-12(11)10-6-8-4-2-3-5-9(8)7-10/h2-5,10H,6-7H2,1H3. The van der Waals surface area contributed by atoms with E-state index in [1.54, 1.807) is 0 Å². The summed E-state index contributed by atoms with van der Waals surface area (Å²) in [6.07, 6.45) is 2.44. The Labute approximate surface area is 87.3 Å². The summed E-state index contributed by atoms with van der Waals surface area (Å²) < 4.78 is 2.29. The van der Waals surface area contributed by atoms with Crippen LogP contribution in [0.4, 0.5) is 0 Å². The number of hydrogen-bond donors (Lipinski definition) is 0. The van der Waals surface area contributed by atoms with E-state index in [0.29, 0.717) is 6.04 Å². The van der Waals surface area contributed by atoms with Crippen molar-refractivity contribution >= 4 is 22.9 Å². The predicted octanol–water partition coefficient (Wildman–Crippen LogP) is 2.44. The van der Waals surface area contributed by atoms with Crippen LogP contribution in [0, 0.1) is 0 Å². The van der Waals surface area contributed by atoms with E-state index in [1.165, 1.54) is 24.0 Å².